The Morgan fingerprint density at radius 3 is 2.88 bits per heavy atom. The Morgan fingerprint density at radius 1 is 1.38 bits per heavy atom. The fourth-order valence-corrected chi connectivity index (χ4v) is 2.47. The van der Waals surface area contributed by atoms with Gasteiger partial charge in [-0.15, -0.1) is 0 Å². The lowest BCUT2D eigenvalue weighted by atomic mass is 9.83. The van der Waals surface area contributed by atoms with E-state index in [2.05, 4.69) is 6.07 Å². The van der Waals surface area contributed by atoms with Crippen LogP contribution in [0.3, 0.4) is 0 Å². The van der Waals surface area contributed by atoms with Crippen LogP contribution in [0, 0.1) is 11.3 Å². The second-order valence-electron chi connectivity index (χ2n) is 4.22. The van der Waals surface area contributed by atoms with Crippen LogP contribution in [0.15, 0.2) is 18.2 Å². The van der Waals surface area contributed by atoms with Crippen molar-refractivity contribution >= 4 is 17.4 Å². The second-order valence-corrected chi connectivity index (χ2v) is 4.65. The molecular weight excluding hydrogens is 222 g/mol. The first-order valence-corrected chi connectivity index (χ1v) is 5.79. The highest BCUT2D eigenvalue weighted by Gasteiger charge is 2.21. The maximum Gasteiger partial charge on any atom is 0.133 e. The molecular formula is C13H12ClNO. The van der Waals surface area contributed by atoms with E-state index in [1.165, 1.54) is 0 Å². The zero-order valence-electron chi connectivity index (χ0n) is 8.87. The number of carbonyl (C=O) groups is 1. The van der Waals surface area contributed by atoms with Crippen molar-refractivity contribution in [2.45, 2.75) is 31.6 Å². The van der Waals surface area contributed by atoms with Crippen LogP contribution < -0.4 is 0 Å². The lowest BCUT2D eigenvalue weighted by molar-refractivity contribution is -0.120. The van der Waals surface area contributed by atoms with E-state index in [1.807, 2.05) is 12.1 Å². The first-order chi connectivity index (χ1) is 7.69. The smallest absolute Gasteiger partial charge is 0.133 e. The van der Waals surface area contributed by atoms with E-state index in [-0.39, 0.29) is 5.92 Å². The third-order valence-corrected chi connectivity index (χ3v) is 3.22. The maximum atomic E-state index is 11.4. The first-order valence-electron chi connectivity index (χ1n) is 5.41. The molecule has 3 heteroatoms. The molecule has 0 aromatic heterocycles. The average Bonchev–Trinajstić information content (AvgIpc) is 2.28. The molecule has 1 aliphatic carbocycles. The molecule has 1 unspecified atom stereocenters. The highest BCUT2D eigenvalue weighted by atomic mass is 35.5. The van der Waals surface area contributed by atoms with Gasteiger partial charge in [-0.2, -0.15) is 5.26 Å². The molecule has 0 N–H and O–H groups in total. The summed E-state index contributed by atoms with van der Waals surface area (Å²) in [5.74, 6) is 0.557. The van der Waals surface area contributed by atoms with Crippen LogP contribution >= 0.6 is 11.6 Å². The van der Waals surface area contributed by atoms with Crippen LogP contribution in [0.2, 0.25) is 5.02 Å². The quantitative estimate of drug-likeness (QED) is 0.746. The number of nitriles is 1. The topological polar surface area (TPSA) is 40.9 Å². The Bertz CT molecular complexity index is 461. The molecule has 82 valence electrons. The van der Waals surface area contributed by atoms with Gasteiger partial charge >= 0.3 is 0 Å². The Kier molecular flexibility index (Phi) is 3.26. The standard InChI is InChI=1S/C13H12ClNO/c14-12-5-9(8-15)4-11(6-12)10-2-1-3-13(16)7-10/h4-6,10H,1-3,7H2. The van der Waals surface area contributed by atoms with E-state index < -0.39 is 0 Å². The molecule has 0 amide bonds. The lowest BCUT2D eigenvalue weighted by Crippen LogP contribution is -2.13. The number of hydrogen-bond acceptors (Lipinski definition) is 2. The third-order valence-electron chi connectivity index (χ3n) is 3.00. The monoisotopic (exact) mass is 233 g/mol. The van der Waals surface area contributed by atoms with Crippen molar-refractivity contribution in [2.24, 2.45) is 0 Å². The molecule has 1 aliphatic rings. The fraction of sp³-hybridized carbons (Fsp3) is 0.385. The Labute approximate surface area is 99.8 Å². The van der Waals surface area contributed by atoms with Crippen LogP contribution in [0.5, 0.6) is 0 Å². The van der Waals surface area contributed by atoms with Gasteiger partial charge in [0.1, 0.15) is 5.78 Å². The first kappa shape index (κ1) is 11.2. The number of halogens is 1. The number of carbonyl (C=O) groups excluding carboxylic acids is 1. The highest BCUT2D eigenvalue weighted by molar-refractivity contribution is 6.30. The van der Waals surface area contributed by atoms with E-state index in [0.717, 1.165) is 18.4 Å². The summed E-state index contributed by atoms with van der Waals surface area (Å²) in [6.07, 6.45) is 3.24. The SMILES string of the molecule is N#Cc1cc(Cl)cc(C2CCCC(=O)C2)c1. The Hall–Kier alpha value is -1.33. The fourth-order valence-electron chi connectivity index (χ4n) is 2.22. The molecule has 16 heavy (non-hydrogen) atoms. The Morgan fingerprint density at radius 2 is 2.19 bits per heavy atom. The van der Waals surface area contributed by atoms with Crippen molar-refractivity contribution in [2.75, 3.05) is 0 Å². The minimum atomic E-state index is 0.243. The highest BCUT2D eigenvalue weighted by Crippen LogP contribution is 2.32. The van der Waals surface area contributed by atoms with Crippen LogP contribution in [0.1, 0.15) is 42.7 Å². The molecule has 1 fully saturated rings. The molecule has 0 bridgehead atoms. The molecule has 0 heterocycles. The minimum absolute atomic E-state index is 0.243. The van der Waals surface area contributed by atoms with Crippen LogP contribution in [-0.4, -0.2) is 5.78 Å². The molecule has 1 aromatic rings. The average molecular weight is 234 g/mol. The normalized spacial score (nSPS) is 20.5. The van der Waals surface area contributed by atoms with Crippen molar-refractivity contribution < 1.29 is 4.79 Å². The largest absolute Gasteiger partial charge is 0.300 e. The van der Waals surface area contributed by atoms with Gasteiger partial charge in [-0.1, -0.05) is 11.6 Å². The molecule has 1 saturated carbocycles. The van der Waals surface area contributed by atoms with Gasteiger partial charge in [0.25, 0.3) is 0 Å². The van der Waals surface area contributed by atoms with Crippen molar-refractivity contribution in [1.29, 1.82) is 5.26 Å². The van der Waals surface area contributed by atoms with Crippen LogP contribution in [0.4, 0.5) is 0 Å². The Balaban J connectivity index is 2.29. The number of rotatable bonds is 1. The van der Waals surface area contributed by atoms with Gasteiger partial charge in [0.2, 0.25) is 0 Å². The molecule has 2 rings (SSSR count). The van der Waals surface area contributed by atoms with Gasteiger partial charge < -0.3 is 0 Å². The van der Waals surface area contributed by atoms with E-state index in [4.69, 9.17) is 16.9 Å². The summed E-state index contributed by atoms with van der Waals surface area (Å²) >= 11 is 5.95. The minimum Gasteiger partial charge on any atom is -0.300 e. The van der Waals surface area contributed by atoms with Gasteiger partial charge in [-0.3, -0.25) is 4.79 Å². The molecule has 0 saturated heterocycles. The molecule has 0 spiro atoms. The number of Topliss-reactive ketones (excluding diaryl/α,β-unsaturated/α-hetero) is 1. The van der Waals surface area contributed by atoms with E-state index in [9.17, 15) is 4.79 Å². The van der Waals surface area contributed by atoms with E-state index in [0.29, 0.717) is 29.2 Å². The second kappa shape index (κ2) is 4.67. The molecule has 0 aliphatic heterocycles. The summed E-state index contributed by atoms with van der Waals surface area (Å²) in [5, 5.41) is 9.44. The van der Waals surface area contributed by atoms with Gasteiger partial charge in [0, 0.05) is 17.9 Å². The number of benzene rings is 1. The van der Waals surface area contributed by atoms with Crippen LogP contribution in [0.25, 0.3) is 0 Å². The van der Waals surface area contributed by atoms with Crippen LogP contribution in [-0.2, 0) is 4.79 Å². The number of hydrogen-bond donors (Lipinski definition) is 0. The maximum absolute atomic E-state index is 11.4. The molecule has 1 aromatic carbocycles. The lowest BCUT2D eigenvalue weighted by Gasteiger charge is -2.21. The van der Waals surface area contributed by atoms with Gasteiger partial charge in [0.15, 0.2) is 0 Å². The molecule has 1 atom stereocenters. The number of ketones is 1. The number of nitrogens with zero attached hydrogens (tertiary/aromatic N) is 1. The van der Waals surface area contributed by atoms with Gasteiger partial charge in [-0.25, -0.2) is 0 Å². The summed E-state index contributed by atoms with van der Waals surface area (Å²) < 4.78 is 0. The van der Waals surface area contributed by atoms with Crippen molar-refractivity contribution in [3.63, 3.8) is 0 Å². The van der Waals surface area contributed by atoms with Gasteiger partial charge in [-0.05, 0) is 42.5 Å². The third kappa shape index (κ3) is 2.43. The van der Waals surface area contributed by atoms with E-state index in [1.54, 1.807) is 6.07 Å². The zero-order valence-corrected chi connectivity index (χ0v) is 9.63. The molecule has 0 radical (unpaired) electrons. The van der Waals surface area contributed by atoms with Gasteiger partial charge in [0.05, 0.1) is 11.6 Å². The van der Waals surface area contributed by atoms with Crippen molar-refractivity contribution in [3.05, 3.63) is 34.3 Å². The molecule has 2 nitrogen and oxygen atoms in total. The predicted octanol–water partition coefficient (Wildman–Crippen LogP) is 3.44. The predicted molar refractivity (Wildman–Crippen MR) is 62.4 cm³/mol. The summed E-state index contributed by atoms with van der Waals surface area (Å²) in [7, 11) is 0. The van der Waals surface area contributed by atoms with Crippen molar-refractivity contribution in [3.8, 4) is 6.07 Å². The van der Waals surface area contributed by atoms with E-state index >= 15 is 0 Å². The summed E-state index contributed by atoms with van der Waals surface area (Å²) in [6, 6.07) is 7.45. The van der Waals surface area contributed by atoms with Crippen molar-refractivity contribution in [1.82, 2.24) is 0 Å². The summed E-state index contributed by atoms with van der Waals surface area (Å²) in [6.45, 7) is 0. The summed E-state index contributed by atoms with van der Waals surface area (Å²) in [4.78, 5) is 11.4. The summed E-state index contributed by atoms with van der Waals surface area (Å²) in [5.41, 5.74) is 1.60. The zero-order chi connectivity index (χ0) is 11.5.